The van der Waals surface area contributed by atoms with Gasteiger partial charge in [-0.05, 0) is 39.5 Å². The van der Waals surface area contributed by atoms with Crippen molar-refractivity contribution in [3.05, 3.63) is 23.2 Å². The summed E-state index contributed by atoms with van der Waals surface area (Å²) >= 11 is 0. The Bertz CT molecular complexity index is 917. The molecular weight excluding hydrogens is 370 g/mol. The Morgan fingerprint density at radius 1 is 1.00 bits per heavy atom. The maximum Gasteiger partial charge on any atom is 0.248 e. The van der Waals surface area contributed by atoms with Crippen LogP contribution in [0, 0.1) is 13.8 Å². The third-order valence-corrected chi connectivity index (χ3v) is 7.58. The van der Waals surface area contributed by atoms with Crippen LogP contribution in [0.3, 0.4) is 0 Å². The SMILES string of the molecule is Cc1noc(C)c1S(=O)(=O)NC1(c2nc(C3(N)CCCC3)no2)CCCC1. The minimum Gasteiger partial charge on any atom is -0.360 e. The Morgan fingerprint density at radius 2 is 1.63 bits per heavy atom. The summed E-state index contributed by atoms with van der Waals surface area (Å²) < 4.78 is 39.5. The quantitative estimate of drug-likeness (QED) is 0.785. The van der Waals surface area contributed by atoms with E-state index in [-0.39, 0.29) is 10.7 Å². The first-order valence-corrected chi connectivity index (χ1v) is 10.8. The summed E-state index contributed by atoms with van der Waals surface area (Å²) in [5.41, 5.74) is 5.26. The fourth-order valence-electron chi connectivity index (χ4n) is 4.35. The van der Waals surface area contributed by atoms with Gasteiger partial charge in [-0.1, -0.05) is 36.0 Å². The highest BCUT2D eigenvalue weighted by atomic mass is 32.2. The smallest absolute Gasteiger partial charge is 0.248 e. The number of aromatic nitrogens is 3. The Labute approximate surface area is 158 Å². The molecule has 148 valence electrons. The Balaban J connectivity index is 1.69. The van der Waals surface area contributed by atoms with E-state index in [0.29, 0.717) is 30.3 Å². The van der Waals surface area contributed by atoms with Crippen LogP contribution in [0.25, 0.3) is 0 Å². The highest BCUT2D eigenvalue weighted by Gasteiger charge is 2.47. The van der Waals surface area contributed by atoms with Crippen molar-refractivity contribution in [2.75, 3.05) is 0 Å². The molecule has 0 saturated heterocycles. The van der Waals surface area contributed by atoms with Gasteiger partial charge in [0.2, 0.25) is 15.9 Å². The second kappa shape index (κ2) is 6.39. The monoisotopic (exact) mass is 395 g/mol. The summed E-state index contributed by atoms with van der Waals surface area (Å²) in [7, 11) is -3.86. The van der Waals surface area contributed by atoms with Crippen LogP contribution in [-0.2, 0) is 21.1 Å². The minimum atomic E-state index is -3.86. The van der Waals surface area contributed by atoms with Crippen LogP contribution in [0.5, 0.6) is 0 Å². The largest absolute Gasteiger partial charge is 0.360 e. The summed E-state index contributed by atoms with van der Waals surface area (Å²) in [5, 5.41) is 7.87. The average molecular weight is 395 g/mol. The van der Waals surface area contributed by atoms with Gasteiger partial charge in [-0.2, -0.15) is 9.71 Å². The Hall–Kier alpha value is -1.78. The molecule has 2 aliphatic rings. The van der Waals surface area contributed by atoms with Crippen LogP contribution >= 0.6 is 0 Å². The highest BCUT2D eigenvalue weighted by molar-refractivity contribution is 7.89. The van der Waals surface area contributed by atoms with Crippen LogP contribution in [0.2, 0.25) is 0 Å². The maximum absolute atomic E-state index is 13.1. The van der Waals surface area contributed by atoms with Crippen LogP contribution in [-0.4, -0.2) is 23.7 Å². The van der Waals surface area contributed by atoms with E-state index < -0.39 is 21.1 Å². The van der Waals surface area contributed by atoms with Crippen molar-refractivity contribution in [2.45, 2.75) is 81.2 Å². The van der Waals surface area contributed by atoms with E-state index in [1.54, 1.807) is 13.8 Å². The lowest BCUT2D eigenvalue weighted by atomic mass is 9.97. The van der Waals surface area contributed by atoms with Gasteiger partial charge in [-0.15, -0.1) is 0 Å². The summed E-state index contributed by atoms with van der Waals surface area (Å²) in [6.45, 7) is 3.19. The zero-order valence-corrected chi connectivity index (χ0v) is 16.4. The molecule has 0 unspecified atom stereocenters. The van der Waals surface area contributed by atoms with Crippen molar-refractivity contribution in [1.29, 1.82) is 0 Å². The zero-order valence-electron chi connectivity index (χ0n) is 15.6. The predicted octanol–water partition coefficient (Wildman–Crippen LogP) is 2.15. The van der Waals surface area contributed by atoms with E-state index in [9.17, 15) is 8.42 Å². The number of sulfonamides is 1. The standard InChI is InChI=1S/C17H25N5O4S/c1-11-13(12(2)25-20-11)27(23,24)22-17(9-5-6-10-17)15-19-14(21-26-15)16(18)7-3-4-8-16/h22H,3-10,18H2,1-2H3. The number of hydrogen-bond acceptors (Lipinski definition) is 8. The minimum absolute atomic E-state index is 0.0691. The fraction of sp³-hybridized carbons (Fsp3) is 0.706. The van der Waals surface area contributed by atoms with E-state index in [2.05, 4.69) is 20.0 Å². The summed E-state index contributed by atoms with van der Waals surface area (Å²) in [5.74, 6) is 1.02. The van der Waals surface area contributed by atoms with E-state index in [1.807, 2.05) is 0 Å². The fourth-order valence-corrected chi connectivity index (χ4v) is 6.10. The number of hydrogen-bond donors (Lipinski definition) is 2. The number of nitrogens with two attached hydrogens (primary N) is 1. The lowest BCUT2D eigenvalue weighted by Gasteiger charge is -2.26. The lowest BCUT2D eigenvalue weighted by Crippen LogP contribution is -2.44. The van der Waals surface area contributed by atoms with Crippen molar-refractivity contribution < 1.29 is 17.5 Å². The molecule has 0 radical (unpaired) electrons. The highest BCUT2D eigenvalue weighted by Crippen LogP contribution is 2.41. The molecule has 0 aliphatic heterocycles. The van der Waals surface area contributed by atoms with Crippen molar-refractivity contribution >= 4 is 10.0 Å². The van der Waals surface area contributed by atoms with E-state index in [0.717, 1.165) is 38.5 Å². The molecule has 2 aliphatic carbocycles. The van der Waals surface area contributed by atoms with Crippen molar-refractivity contribution in [3.8, 4) is 0 Å². The first-order valence-electron chi connectivity index (χ1n) is 9.36. The molecule has 2 aromatic heterocycles. The van der Waals surface area contributed by atoms with Crippen molar-refractivity contribution in [1.82, 2.24) is 20.0 Å². The molecule has 2 fully saturated rings. The lowest BCUT2D eigenvalue weighted by molar-refractivity contribution is 0.262. The van der Waals surface area contributed by atoms with E-state index >= 15 is 0 Å². The van der Waals surface area contributed by atoms with Crippen LogP contribution < -0.4 is 10.5 Å². The second-order valence-corrected chi connectivity index (χ2v) is 9.45. The number of nitrogens with zero attached hydrogens (tertiary/aromatic N) is 3. The molecule has 2 aromatic rings. The van der Waals surface area contributed by atoms with Gasteiger partial charge in [-0.3, -0.25) is 0 Å². The summed E-state index contributed by atoms with van der Waals surface area (Å²) in [4.78, 5) is 4.63. The van der Waals surface area contributed by atoms with Crippen LogP contribution in [0.1, 0.15) is 74.5 Å². The maximum atomic E-state index is 13.1. The first-order chi connectivity index (χ1) is 12.8. The van der Waals surface area contributed by atoms with Gasteiger partial charge in [0.05, 0.1) is 5.54 Å². The van der Waals surface area contributed by atoms with E-state index in [1.165, 1.54) is 0 Å². The molecule has 0 spiro atoms. The van der Waals surface area contributed by atoms with E-state index in [4.69, 9.17) is 14.8 Å². The molecule has 27 heavy (non-hydrogen) atoms. The molecule has 10 heteroatoms. The van der Waals surface area contributed by atoms with Gasteiger partial charge in [0, 0.05) is 0 Å². The third kappa shape index (κ3) is 3.09. The third-order valence-electron chi connectivity index (χ3n) is 5.80. The van der Waals surface area contributed by atoms with Gasteiger partial charge in [-0.25, -0.2) is 8.42 Å². The first kappa shape index (κ1) is 18.6. The van der Waals surface area contributed by atoms with Crippen molar-refractivity contribution in [2.24, 2.45) is 5.73 Å². The molecule has 9 nitrogen and oxygen atoms in total. The Morgan fingerprint density at radius 3 is 2.22 bits per heavy atom. The molecule has 0 amide bonds. The molecule has 2 saturated carbocycles. The van der Waals surface area contributed by atoms with Gasteiger partial charge >= 0.3 is 0 Å². The van der Waals surface area contributed by atoms with Gasteiger partial charge in [0.1, 0.15) is 16.1 Å². The number of aryl methyl sites for hydroxylation is 2. The average Bonchev–Trinajstić information content (AvgIpc) is 3.35. The summed E-state index contributed by atoms with van der Waals surface area (Å²) in [6.07, 6.45) is 6.61. The zero-order chi connectivity index (χ0) is 19.3. The molecule has 0 atom stereocenters. The second-order valence-electron chi connectivity index (χ2n) is 7.83. The molecule has 3 N–H and O–H groups in total. The molecule has 0 bridgehead atoms. The number of rotatable bonds is 5. The molecular formula is C17H25N5O4S. The Kier molecular flexibility index (Phi) is 4.39. The van der Waals surface area contributed by atoms with Gasteiger partial charge in [0.15, 0.2) is 11.6 Å². The topological polar surface area (TPSA) is 137 Å². The molecule has 0 aromatic carbocycles. The van der Waals surface area contributed by atoms with Gasteiger partial charge in [0.25, 0.3) is 0 Å². The van der Waals surface area contributed by atoms with Gasteiger partial charge < -0.3 is 14.8 Å². The molecule has 4 rings (SSSR count). The number of nitrogens with one attached hydrogen (secondary N) is 1. The summed E-state index contributed by atoms with van der Waals surface area (Å²) in [6, 6.07) is 0. The van der Waals surface area contributed by atoms with Crippen LogP contribution in [0.4, 0.5) is 0 Å². The molecule has 2 heterocycles. The van der Waals surface area contributed by atoms with Crippen LogP contribution in [0.15, 0.2) is 13.9 Å². The van der Waals surface area contributed by atoms with Crippen molar-refractivity contribution in [3.63, 3.8) is 0 Å². The normalized spacial score (nSPS) is 21.7. The predicted molar refractivity (Wildman–Crippen MR) is 95.1 cm³/mol.